The third-order valence-electron chi connectivity index (χ3n) is 2.95. The average molecular weight is 287 g/mol. The molecular formula is C15H17N3O3. The van der Waals surface area contributed by atoms with Gasteiger partial charge in [0.2, 0.25) is 0 Å². The van der Waals surface area contributed by atoms with E-state index >= 15 is 0 Å². The van der Waals surface area contributed by atoms with Crippen LogP contribution in [0.3, 0.4) is 0 Å². The van der Waals surface area contributed by atoms with Crippen molar-refractivity contribution in [3.8, 4) is 5.75 Å². The first-order valence-electron chi connectivity index (χ1n) is 6.66. The van der Waals surface area contributed by atoms with Crippen LogP contribution in [0.5, 0.6) is 5.75 Å². The van der Waals surface area contributed by atoms with E-state index in [1.54, 1.807) is 25.3 Å². The van der Waals surface area contributed by atoms with Gasteiger partial charge in [-0.05, 0) is 32.0 Å². The van der Waals surface area contributed by atoms with Gasteiger partial charge >= 0.3 is 0 Å². The quantitative estimate of drug-likeness (QED) is 0.651. The summed E-state index contributed by atoms with van der Waals surface area (Å²) in [6, 6.07) is 8.55. The molecule has 6 nitrogen and oxygen atoms in total. The largest absolute Gasteiger partial charge is 0.489 e. The van der Waals surface area contributed by atoms with Crippen LogP contribution in [0.2, 0.25) is 0 Å². The van der Waals surface area contributed by atoms with Crippen LogP contribution >= 0.6 is 0 Å². The zero-order valence-corrected chi connectivity index (χ0v) is 12.0. The summed E-state index contributed by atoms with van der Waals surface area (Å²) in [4.78, 5) is 14.6. The first-order chi connectivity index (χ1) is 10.1. The van der Waals surface area contributed by atoms with Crippen LogP contribution in [0, 0.1) is 17.0 Å². The second-order valence-corrected chi connectivity index (χ2v) is 4.58. The van der Waals surface area contributed by atoms with E-state index in [9.17, 15) is 10.1 Å². The monoisotopic (exact) mass is 287 g/mol. The molecule has 0 aliphatic carbocycles. The molecule has 2 aromatic rings. The molecule has 0 saturated carbocycles. The third-order valence-corrected chi connectivity index (χ3v) is 2.95. The van der Waals surface area contributed by atoms with Gasteiger partial charge in [0, 0.05) is 29.9 Å². The first kappa shape index (κ1) is 14.8. The zero-order chi connectivity index (χ0) is 15.2. The fraction of sp³-hybridized carbons (Fsp3) is 0.267. The Morgan fingerprint density at radius 3 is 2.71 bits per heavy atom. The van der Waals surface area contributed by atoms with Gasteiger partial charge in [0.05, 0.1) is 4.92 Å². The molecule has 0 aliphatic heterocycles. The Bertz CT molecular complexity index is 627. The highest BCUT2D eigenvalue weighted by Crippen LogP contribution is 2.23. The molecule has 0 radical (unpaired) electrons. The number of nitro groups is 1. The molecule has 0 saturated heterocycles. The highest BCUT2D eigenvalue weighted by molar-refractivity contribution is 5.44. The molecule has 6 heteroatoms. The van der Waals surface area contributed by atoms with Crippen molar-refractivity contribution in [1.29, 1.82) is 0 Å². The molecule has 0 unspecified atom stereocenters. The summed E-state index contributed by atoms with van der Waals surface area (Å²) >= 11 is 0. The number of nitro benzene ring substituents is 1. The number of benzene rings is 1. The Hall–Kier alpha value is -2.63. The molecule has 1 N–H and O–H groups in total. The minimum Gasteiger partial charge on any atom is -0.489 e. The van der Waals surface area contributed by atoms with Gasteiger partial charge in [-0.15, -0.1) is 0 Å². The summed E-state index contributed by atoms with van der Waals surface area (Å²) in [7, 11) is 0. The van der Waals surface area contributed by atoms with Crippen molar-refractivity contribution in [1.82, 2.24) is 4.98 Å². The van der Waals surface area contributed by atoms with E-state index < -0.39 is 4.92 Å². The molecule has 0 fully saturated rings. The smallest absolute Gasteiger partial charge is 0.272 e. The highest BCUT2D eigenvalue weighted by atomic mass is 16.6. The lowest BCUT2D eigenvalue weighted by molar-refractivity contribution is -0.385. The highest BCUT2D eigenvalue weighted by Gasteiger charge is 2.10. The van der Waals surface area contributed by atoms with Crippen molar-refractivity contribution in [3.05, 3.63) is 57.8 Å². The molecule has 110 valence electrons. The second kappa shape index (κ2) is 6.69. The van der Waals surface area contributed by atoms with Crippen molar-refractivity contribution in [2.45, 2.75) is 20.5 Å². The lowest BCUT2D eigenvalue weighted by Gasteiger charge is -2.08. The van der Waals surface area contributed by atoms with E-state index in [1.165, 1.54) is 6.07 Å². The number of aryl methyl sites for hydroxylation is 1. The van der Waals surface area contributed by atoms with Crippen LogP contribution in [0.4, 0.5) is 11.5 Å². The van der Waals surface area contributed by atoms with E-state index in [2.05, 4.69) is 10.3 Å². The summed E-state index contributed by atoms with van der Waals surface area (Å²) in [5, 5.41) is 13.9. The Morgan fingerprint density at radius 2 is 2.14 bits per heavy atom. The predicted molar refractivity (Wildman–Crippen MR) is 80.6 cm³/mol. The van der Waals surface area contributed by atoms with Crippen LogP contribution in [-0.2, 0) is 6.61 Å². The van der Waals surface area contributed by atoms with Crippen molar-refractivity contribution < 1.29 is 9.66 Å². The van der Waals surface area contributed by atoms with Crippen LogP contribution in [-0.4, -0.2) is 16.5 Å². The standard InChI is InChI=1S/C15H17N3O3/c1-3-16-15-7-4-12(9-17-15)10-21-13-5-6-14(18(19)20)11(2)8-13/h4-9H,3,10H2,1-2H3,(H,16,17). The maximum atomic E-state index is 10.7. The third kappa shape index (κ3) is 3.92. The molecule has 0 spiro atoms. The van der Waals surface area contributed by atoms with Gasteiger partial charge in [-0.1, -0.05) is 6.07 Å². The number of hydrogen-bond donors (Lipinski definition) is 1. The van der Waals surface area contributed by atoms with E-state index in [4.69, 9.17) is 4.74 Å². The van der Waals surface area contributed by atoms with Crippen molar-refractivity contribution in [3.63, 3.8) is 0 Å². The summed E-state index contributed by atoms with van der Waals surface area (Å²) in [5.74, 6) is 1.43. The van der Waals surface area contributed by atoms with Gasteiger partial charge in [-0.2, -0.15) is 0 Å². The minimum absolute atomic E-state index is 0.0963. The van der Waals surface area contributed by atoms with Crippen LogP contribution in [0.15, 0.2) is 36.5 Å². The first-order valence-corrected chi connectivity index (χ1v) is 6.66. The number of anilines is 1. The summed E-state index contributed by atoms with van der Waals surface area (Å²) < 4.78 is 5.62. The minimum atomic E-state index is -0.400. The number of aromatic nitrogens is 1. The molecular weight excluding hydrogens is 270 g/mol. The fourth-order valence-electron chi connectivity index (χ4n) is 1.88. The molecule has 1 heterocycles. The van der Waals surface area contributed by atoms with Gasteiger partial charge in [-0.3, -0.25) is 10.1 Å². The number of pyridine rings is 1. The SMILES string of the molecule is CCNc1ccc(COc2ccc([N+](=O)[O-])c(C)c2)cn1. The molecule has 0 atom stereocenters. The molecule has 21 heavy (non-hydrogen) atoms. The molecule has 0 aliphatic rings. The average Bonchev–Trinajstić information content (AvgIpc) is 2.46. The zero-order valence-electron chi connectivity index (χ0n) is 12.0. The Kier molecular flexibility index (Phi) is 4.71. The second-order valence-electron chi connectivity index (χ2n) is 4.58. The molecule has 0 bridgehead atoms. The van der Waals surface area contributed by atoms with Gasteiger partial charge in [0.1, 0.15) is 18.2 Å². The fourth-order valence-corrected chi connectivity index (χ4v) is 1.88. The number of hydrogen-bond acceptors (Lipinski definition) is 5. The Balaban J connectivity index is 1.99. The lowest BCUT2D eigenvalue weighted by atomic mass is 10.2. The Labute approximate surface area is 122 Å². The van der Waals surface area contributed by atoms with E-state index in [1.807, 2.05) is 19.1 Å². The van der Waals surface area contributed by atoms with Crippen molar-refractivity contribution in [2.75, 3.05) is 11.9 Å². The number of nitrogens with zero attached hydrogens (tertiary/aromatic N) is 2. The van der Waals surface area contributed by atoms with Crippen LogP contribution in [0.25, 0.3) is 0 Å². The molecule has 1 aromatic carbocycles. The Morgan fingerprint density at radius 1 is 1.33 bits per heavy atom. The van der Waals surface area contributed by atoms with Crippen molar-refractivity contribution in [2.24, 2.45) is 0 Å². The normalized spacial score (nSPS) is 10.2. The number of nitrogens with one attached hydrogen (secondary N) is 1. The lowest BCUT2D eigenvalue weighted by Crippen LogP contribution is -2.01. The van der Waals surface area contributed by atoms with Gasteiger partial charge in [-0.25, -0.2) is 4.98 Å². The maximum Gasteiger partial charge on any atom is 0.272 e. The summed E-state index contributed by atoms with van der Waals surface area (Å²) in [6.45, 7) is 4.90. The van der Waals surface area contributed by atoms with Crippen molar-refractivity contribution >= 4 is 11.5 Å². The maximum absolute atomic E-state index is 10.7. The molecule has 1 aromatic heterocycles. The summed E-state index contributed by atoms with van der Waals surface area (Å²) in [5.41, 5.74) is 1.62. The summed E-state index contributed by atoms with van der Waals surface area (Å²) in [6.07, 6.45) is 1.75. The van der Waals surface area contributed by atoms with Crippen LogP contribution in [0.1, 0.15) is 18.1 Å². The topological polar surface area (TPSA) is 77.3 Å². The number of rotatable bonds is 6. The van der Waals surface area contributed by atoms with Gasteiger partial charge < -0.3 is 10.1 Å². The van der Waals surface area contributed by atoms with Crippen LogP contribution < -0.4 is 10.1 Å². The molecule has 2 rings (SSSR count). The van der Waals surface area contributed by atoms with E-state index in [0.717, 1.165) is 17.9 Å². The van der Waals surface area contributed by atoms with E-state index in [0.29, 0.717) is 17.9 Å². The van der Waals surface area contributed by atoms with Gasteiger partial charge in [0.25, 0.3) is 5.69 Å². The number of ether oxygens (including phenoxy) is 1. The van der Waals surface area contributed by atoms with Gasteiger partial charge in [0.15, 0.2) is 0 Å². The molecule has 0 amide bonds. The van der Waals surface area contributed by atoms with E-state index in [-0.39, 0.29) is 5.69 Å². The predicted octanol–water partition coefficient (Wildman–Crippen LogP) is 3.31.